The number of amides is 1. The summed E-state index contributed by atoms with van der Waals surface area (Å²) >= 11 is 0. The number of carboxylic acid groups (broad SMARTS) is 1. The van der Waals surface area contributed by atoms with Crippen LogP contribution in [0.15, 0.2) is 0 Å². The third-order valence-electron chi connectivity index (χ3n) is 4.02. The van der Waals surface area contributed by atoms with Gasteiger partial charge in [-0.3, -0.25) is 14.5 Å². The Labute approximate surface area is 113 Å². The zero-order chi connectivity index (χ0) is 13.8. The molecule has 2 fully saturated rings. The number of aliphatic carboxylic acids is 1. The van der Waals surface area contributed by atoms with E-state index in [9.17, 15) is 9.59 Å². The maximum Gasteiger partial charge on any atom is 0.317 e. The quantitative estimate of drug-likeness (QED) is 0.714. The van der Waals surface area contributed by atoms with Gasteiger partial charge in [0.2, 0.25) is 5.91 Å². The largest absolute Gasteiger partial charge is 0.480 e. The van der Waals surface area contributed by atoms with Gasteiger partial charge in [-0.05, 0) is 25.8 Å². The summed E-state index contributed by atoms with van der Waals surface area (Å²) in [4.78, 5) is 24.5. The van der Waals surface area contributed by atoms with Gasteiger partial charge >= 0.3 is 5.97 Å². The first kappa shape index (κ1) is 14.3. The highest BCUT2D eigenvalue weighted by Crippen LogP contribution is 2.26. The van der Waals surface area contributed by atoms with Crippen molar-refractivity contribution in [1.29, 1.82) is 0 Å². The maximum atomic E-state index is 11.9. The molecule has 1 heterocycles. The molecule has 6 heteroatoms. The van der Waals surface area contributed by atoms with Crippen LogP contribution in [-0.2, 0) is 14.3 Å². The van der Waals surface area contributed by atoms with Gasteiger partial charge in [0.05, 0.1) is 19.1 Å². The summed E-state index contributed by atoms with van der Waals surface area (Å²) in [6.07, 6.45) is 2.50. The Bertz CT molecular complexity index is 336. The minimum Gasteiger partial charge on any atom is -0.480 e. The van der Waals surface area contributed by atoms with E-state index in [0.717, 1.165) is 25.8 Å². The van der Waals surface area contributed by atoms with Crippen molar-refractivity contribution in [1.82, 2.24) is 10.2 Å². The van der Waals surface area contributed by atoms with Gasteiger partial charge in [-0.25, -0.2) is 0 Å². The van der Waals surface area contributed by atoms with E-state index in [4.69, 9.17) is 9.84 Å². The second-order valence-corrected chi connectivity index (χ2v) is 5.35. The van der Waals surface area contributed by atoms with Gasteiger partial charge in [0.15, 0.2) is 0 Å². The zero-order valence-corrected chi connectivity index (χ0v) is 11.3. The number of hydrogen-bond acceptors (Lipinski definition) is 4. The lowest BCUT2D eigenvalue weighted by Crippen LogP contribution is -2.55. The second kappa shape index (κ2) is 6.34. The van der Waals surface area contributed by atoms with Crippen molar-refractivity contribution in [2.24, 2.45) is 5.92 Å². The molecule has 1 saturated heterocycles. The lowest BCUT2D eigenvalue weighted by Gasteiger charge is -2.42. The predicted octanol–water partition coefficient (Wildman–Crippen LogP) is 0.0766. The lowest BCUT2D eigenvalue weighted by atomic mass is 9.85. The molecule has 1 saturated carbocycles. The average Bonchev–Trinajstić information content (AvgIpc) is 2.83. The average molecular weight is 270 g/mol. The number of nitrogens with one attached hydrogen (secondary N) is 1. The molecule has 1 aliphatic heterocycles. The van der Waals surface area contributed by atoms with E-state index in [2.05, 4.69) is 5.32 Å². The number of likely N-dealkylation sites (N-methyl/N-ethyl adjacent to an activating group) is 1. The molecule has 2 rings (SSSR count). The summed E-state index contributed by atoms with van der Waals surface area (Å²) in [6.45, 7) is 3.98. The Morgan fingerprint density at radius 2 is 2.16 bits per heavy atom. The summed E-state index contributed by atoms with van der Waals surface area (Å²) in [6, 6.07) is 0.479. The molecule has 108 valence electrons. The molecule has 1 amide bonds. The zero-order valence-electron chi connectivity index (χ0n) is 11.3. The Kier molecular flexibility index (Phi) is 4.76. The lowest BCUT2D eigenvalue weighted by molar-refractivity contribution is -0.140. The summed E-state index contributed by atoms with van der Waals surface area (Å²) < 4.78 is 5.20. The van der Waals surface area contributed by atoms with E-state index in [1.807, 2.05) is 11.8 Å². The first-order valence-electron chi connectivity index (χ1n) is 6.94. The molecule has 0 aromatic carbocycles. The highest BCUT2D eigenvalue weighted by atomic mass is 16.5. The molecule has 2 N–H and O–H groups in total. The highest BCUT2D eigenvalue weighted by molar-refractivity contribution is 5.79. The molecule has 0 radical (unpaired) electrons. The summed E-state index contributed by atoms with van der Waals surface area (Å²) in [5, 5.41) is 11.8. The van der Waals surface area contributed by atoms with Crippen molar-refractivity contribution in [3.63, 3.8) is 0 Å². The number of carbonyl (C=O) groups excluding carboxylic acids is 1. The fraction of sp³-hybridized carbons (Fsp3) is 0.846. The third kappa shape index (κ3) is 3.67. The molecule has 1 aliphatic carbocycles. The van der Waals surface area contributed by atoms with Gasteiger partial charge in [-0.2, -0.15) is 0 Å². The van der Waals surface area contributed by atoms with Gasteiger partial charge in [0.1, 0.15) is 0 Å². The van der Waals surface area contributed by atoms with Crippen LogP contribution in [0.1, 0.15) is 26.2 Å². The Morgan fingerprint density at radius 3 is 2.68 bits per heavy atom. The maximum absolute atomic E-state index is 11.9. The Balaban J connectivity index is 1.70. The van der Waals surface area contributed by atoms with E-state index in [0.29, 0.717) is 13.2 Å². The number of ether oxygens (including phenoxy) is 1. The summed E-state index contributed by atoms with van der Waals surface area (Å²) in [5.41, 5.74) is 0. The number of nitrogens with zero attached hydrogens (tertiary/aromatic N) is 1. The van der Waals surface area contributed by atoms with E-state index < -0.39 is 5.97 Å². The topological polar surface area (TPSA) is 78.9 Å². The highest BCUT2D eigenvalue weighted by Gasteiger charge is 2.36. The van der Waals surface area contributed by atoms with E-state index >= 15 is 0 Å². The number of carbonyl (C=O) groups is 2. The Hall–Kier alpha value is -1.14. The smallest absolute Gasteiger partial charge is 0.317 e. The minimum absolute atomic E-state index is 0.000322. The predicted molar refractivity (Wildman–Crippen MR) is 68.8 cm³/mol. The van der Waals surface area contributed by atoms with E-state index in [1.54, 1.807) is 0 Å². The molecule has 19 heavy (non-hydrogen) atoms. The minimum atomic E-state index is -0.794. The van der Waals surface area contributed by atoms with Crippen LogP contribution in [0.25, 0.3) is 0 Å². The molecular formula is C13H22N2O4. The molecule has 0 spiro atoms. The summed E-state index contributed by atoms with van der Waals surface area (Å²) in [7, 11) is 0. The van der Waals surface area contributed by atoms with Gasteiger partial charge in [-0.1, -0.05) is 6.92 Å². The van der Waals surface area contributed by atoms with Crippen molar-refractivity contribution in [3.05, 3.63) is 0 Å². The molecule has 0 aromatic rings. The van der Waals surface area contributed by atoms with Crippen LogP contribution in [0.3, 0.4) is 0 Å². The van der Waals surface area contributed by atoms with Gasteiger partial charge in [0, 0.05) is 18.7 Å². The normalized spacial score (nSPS) is 30.1. The van der Waals surface area contributed by atoms with Crippen LogP contribution in [0.4, 0.5) is 0 Å². The van der Waals surface area contributed by atoms with Crippen LogP contribution in [-0.4, -0.2) is 60.3 Å². The fourth-order valence-corrected chi connectivity index (χ4v) is 2.74. The van der Waals surface area contributed by atoms with Crippen molar-refractivity contribution in [2.75, 3.05) is 26.3 Å². The first-order valence-corrected chi connectivity index (χ1v) is 6.94. The van der Waals surface area contributed by atoms with Crippen molar-refractivity contribution in [2.45, 2.75) is 38.3 Å². The number of carboxylic acids is 1. The van der Waals surface area contributed by atoms with Gasteiger partial charge in [0.25, 0.3) is 0 Å². The SMILES string of the molecule is CCN(CC(=O)O)C1CC(NC(=O)[C@@H]2CCOC2)C1. The van der Waals surface area contributed by atoms with Crippen molar-refractivity contribution < 1.29 is 19.4 Å². The van der Waals surface area contributed by atoms with E-state index in [1.165, 1.54) is 0 Å². The van der Waals surface area contributed by atoms with Gasteiger partial charge in [-0.15, -0.1) is 0 Å². The number of rotatable bonds is 6. The van der Waals surface area contributed by atoms with Crippen molar-refractivity contribution in [3.8, 4) is 0 Å². The van der Waals surface area contributed by atoms with Crippen LogP contribution in [0.2, 0.25) is 0 Å². The molecular weight excluding hydrogens is 248 g/mol. The fourth-order valence-electron chi connectivity index (χ4n) is 2.74. The molecule has 0 unspecified atom stereocenters. The van der Waals surface area contributed by atoms with Crippen LogP contribution < -0.4 is 5.32 Å². The van der Waals surface area contributed by atoms with Crippen LogP contribution >= 0.6 is 0 Å². The molecule has 0 aromatic heterocycles. The second-order valence-electron chi connectivity index (χ2n) is 5.35. The number of hydrogen-bond donors (Lipinski definition) is 2. The molecule has 2 aliphatic rings. The van der Waals surface area contributed by atoms with Crippen LogP contribution in [0, 0.1) is 5.92 Å². The molecule has 0 bridgehead atoms. The standard InChI is InChI=1S/C13H22N2O4/c1-2-15(7-12(16)17)11-5-10(6-11)14-13(18)9-3-4-19-8-9/h9-11H,2-8H2,1H3,(H,14,18)(H,16,17)/t9-,10?,11?/m1/s1. The first-order chi connectivity index (χ1) is 9.10. The van der Waals surface area contributed by atoms with Gasteiger partial charge < -0.3 is 15.2 Å². The van der Waals surface area contributed by atoms with Crippen LogP contribution in [0.5, 0.6) is 0 Å². The van der Waals surface area contributed by atoms with Crippen molar-refractivity contribution >= 4 is 11.9 Å². The van der Waals surface area contributed by atoms with E-state index in [-0.39, 0.29) is 30.5 Å². The molecule has 1 atom stereocenters. The third-order valence-corrected chi connectivity index (χ3v) is 4.02. The summed E-state index contributed by atoms with van der Waals surface area (Å²) in [5.74, 6) is -0.708. The molecule has 6 nitrogen and oxygen atoms in total. The Morgan fingerprint density at radius 1 is 1.42 bits per heavy atom. The monoisotopic (exact) mass is 270 g/mol.